The van der Waals surface area contributed by atoms with Gasteiger partial charge >= 0.3 is 0 Å². The van der Waals surface area contributed by atoms with E-state index in [0.717, 1.165) is 57.7 Å². The Hall–Kier alpha value is -5.15. The molecule has 0 amide bonds. The number of rotatable bonds is 6. The van der Waals surface area contributed by atoms with Crippen LogP contribution in [0.1, 0.15) is 36.9 Å². The number of hydrogen-bond acceptors (Lipinski definition) is 3. The topological polar surface area (TPSA) is 38.1 Å². The maximum atomic E-state index is 5.10. The average molecular weight is 556 g/mol. The highest BCUT2D eigenvalue weighted by molar-refractivity contribution is 5.80. The Morgan fingerprint density at radius 3 is 1.93 bits per heavy atom. The summed E-state index contributed by atoms with van der Waals surface area (Å²) in [4.78, 5) is 14.9. The van der Waals surface area contributed by atoms with Gasteiger partial charge in [0.05, 0.1) is 23.1 Å². The molecule has 3 nitrogen and oxygen atoms in total. The third-order valence-electron chi connectivity index (χ3n) is 8.46. The molecule has 2 atom stereocenters. The molecule has 0 N–H and O–H groups in total. The molecule has 0 saturated carbocycles. The third-order valence-corrected chi connectivity index (χ3v) is 8.46. The second-order valence-corrected chi connectivity index (χ2v) is 11.5. The molecule has 5 aromatic rings. The van der Waals surface area contributed by atoms with Gasteiger partial charge in [0.2, 0.25) is 0 Å². The van der Waals surface area contributed by atoms with Gasteiger partial charge in [0.25, 0.3) is 0 Å². The molecule has 43 heavy (non-hydrogen) atoms. The van der Waals surface area contributed by atoms with Crippen LogP contribution >= 0.6 is 0 Å². The fourth-order valence-electron chi connectivity index (χ4n) is 5.92. The number of allylic oxidation sites excluding steroid dienone is 5. The first-order valence-corrected chi connectivity index (χ1v) is 14.9. The molecular formula is C40H33N3. The minimum atomic E-state index is -0.0326. The number of dihydropyridines is 1. The van der Waals surface area contributed by atoms with Gasteiger partial charge in [0.15, 0.2) is 0 Å². The van der Waals surface area contributed by atoms with Crippen molar-refractivity contribution in [2.24, 2.45) is 4.99 Å². The molecule has 0 saturated heterocycles. The minimum absolute atomic E-state index is 0.0326. The van der Waals surface area contributed by atoms with Crippen LogP contribution in [0.3, 0.4) is 0 Å². The van der Waals surface area contributed by atoms with Crippen molar-refractivity contribution in [3.8, 4) is 44.9 Å². The summed E-state index contributed by atoms with van der Waals surface area (Å²) in [7, 11) is 0. The standard InChI is InChI=1S/C40H33N3/c1-40(20-10-4-11-21-40)35-18-19-37(42-28-35)34-24-31(23-33(25-34)36-17-9-12-22-41-36)32-26-38(29-13-5-2-6-14-29)43-39(27-32)30-15-7-3-8-16-30/h2-16,18-20,22-28,36H,17,21H2,1H3. The van der Waals surface area contributed by atoms with Crippen LogP contribution in [0.2, 0.25) is 0 Å². The van der Waals surface area contributed by atoms with Crippen LogP contribution < -0.4 is 0 Å². The summed E-state index contributed by atoms with van der Waals surface area (Å²) in [5.74, 6) is 0. The number of aliphatic imine (C=N–C) groups is 1. The predicted octanol–water partition coefficient (Wildman–Crippen LogP) is 9.99. The fraction of sp³-hybridized carbons (Fsp3) is 0.125. The van der Waals surface area contributed by atoms with Crippen molar-refractivity contribution < 1.29 is 0 Å². The van der Waals surface area contributed by atoms with E-state index in [0.29, 0.717) is 0 Å². The SMILES string of the molecule is CC1(c2ccc(-c3cc(-c4cc(-c5ccccc5)nc(-c5ccccc5)c4)cc(C4CC=CC=N4)c3)nc2)C=CC=CC1. The minimum Gasteiger partial charge on any atom is -0.285 e. The number of nitrogens with zero attached hydrogens (tertiary/aromatic N) is 3. The number of aromatic nitrogens is 2. The molecule has 3 heterocycles. The monoisotopic (exact) mass is 555 g/mol. The van der Waals surface area contributed by atoms with Gasteiger partial charge in [0, 0.05) is 34.5 Å². The van der Waals surface area contributed by atoms with Gasteiger partial charge in [-0.3, -0.25) is 9.98 Å². The van der Waals surface area contributed by atoms with Gasteiger partial charge in [-0.05, 0) is 77.6 Å². The summed E-state index contributed by atoms with van der Waals surface area (Å²) in [6, 6.07) is 36.5. The molecule has 1 aliphatic heterocycles. The van der Waals surface area contributed by atoms with E-state index in [9.17, 15) is 0 Å². The van der Waals surface area contributed by atoms with Gasteiger partial charge in [-0.2, -0.15) is 0 Å². The molecule has 0 bridgehead atoms. The van der Waals surface area contributed by atoms with Gasteiger partial charge in [0.1, 0.15) is 0 Å². The first kappa shape index (κ1) is 26.7. The van der Waals surface area contributed by atoms with Crippen LogP contribution in [0, 0.1) is 0 Å². The third kappa shape index (κ3) is 5.67. The molecule has 2 aromatic heterocycles. The van der Waals surface area contributed by atoms with Gasteiger partial charge < -0.3 is 0 Å². The van der Waals surface area contributed by atoms with E-state index >= 15 is 0 Å². The van der Waals surface area contributed by atoms with Gasteiger partial charge in [-0.1, -0.05) is 104 Å². The Balaban J connectivity index is 1.36. The Kier molecular flexibility index (Phi) is 7.22. The summed E-state index contributed by atoms with van der Waals surface area (Å²) in [5, 5.41) is 0. The molecular weight excluding hydrogens is 522 g/mol. The lowest BCUT2D eigenvalue weighted by Crippen LogP contribution is -2.19. The molecule has 2 unspecified atom stereocenters. The van der Waals surface area contributed by atoms with Gasteiger partial charge in [-0.15, -0.1) is 0 Å². The molecule has 1 aliphatic carbocycles. The van der Waals surface area contributed by atoms with E-state index in [2.05, 4.69) is 128 Å². The van der Waals surface area contributed by atoms with Crippen LogP contribution in [0.4, 0.5) is 0 Å². The Morgan fingerprint density at radius 2 is 1.33 bits per heavy atom. The maximum absolute atomic E-state index is 5.10. The van der Waals surface area contributed by atoms with Crippen molar-refractivity contribution in [1.82, 2.24) is 9.97 Å². The van der Waals surface area contributed by atoms with E-state index in [1.54, 1.807) is 0 Å². The van der Waals surface area contributed by atoms with Crippen LogP contribution in [-0.2, 0) is 5.41 Å². The van der Waals surface area contributed by atoms with E-state index in [4.69, 9.17) is 15.0 Å². The highest BCUT2D eigenvalue weighted by Crippen LogP contribution is 2.37. The fourth-order valence-corrected chi connectivity index (χ4v) is 5.92. The molecule has 7 rings (SSSR count). The Bertz CT molecular complexity index is 1810. The number of hydrogen-bond donors (Lipinski definition) is 0. The second-order valence-electron chi connectivity index (χ2n) is 11.5. The van der Waals surface area contributed by atoms with Crippen molar-refractivity contribution in [3.63, 3.8) is 0 Å². The maximum Gasteiger partial charge on any atom is 0.0783 e. The highest BCUT2D eigenvalue weighted by atomic mass is 14.8. The summed E-state index contributed by atoms with van der Waals surface area (Å²) >= 11 is 0. The molecule has 0 spiro atoms. The van der Waals surface area contributed by atoms with Crippen molar-refractivity contribution in [1.29, 1.82) is 0 Å². The predicted molar refractivity (Wildman–Crippen MR) is 179 cm³/mol. The van der Waals surface area contributed by atoms with E-state index in [1.165, 1.54) is 11.1 Å². The number of benzene rings is 3. The van der Waals surface area contributed by atoms with Gasteiger partial charge in [-0.25, -0.2) is 4.98 Å². The largest absolute Gasteiger partial charge is 0.285 e. The lowest BCUT2D eigenvalue weighted by atomic mass is 9.78. The zero-order valence-electron chi connectivity index (χ0n) is 24.3. The molecule has 3 aromatic carbocycles. The second kappa shape index (κ2) is 11.6. The average Bonchev–Trinajstić information content (AvgIpc) is 3.09. The normalized spacial score (nSPS) is 19.0. The molecule has 3 heteroatoms. The molecule has 208 valence electrons. The van der Waals surface area contributed by atoms with Crippen molar-refractivity contribution >= 4 is 6.21 Å². The van der Waals surface area contributed by atoms with E-state index < -0.39 is 0 Å². The first-order valence-electron chi connectivity index (χ1n) is 14.9. The highest BCUT2D eigenvalue weighted by Gasteiger charge is 2.24. The lowest BCUT2D eigenvalue weighted by molar-refractivity contribution is 0.597. The van der Waals surface area contributed by atoms with Crippen molar-refractivity contribution in [3.05, 3.63) is 157 Å². The zero-order valence-corrected chi connectivity index (χ0v) is 24.3. The summed E-state index contributed by atoms with van der Waals surface area (Å²) in [5.41, 5.74) is 10.8. The van der Waals surface area contributed by atoms with Crippen LogP contribution in [0.15, 0.2) is 151 Å². The van der Waals surface area contributed by atoms with Crippen LogP contribution in [-0.4, -0.2) is 16.2 Å². The van der Waals surface area contributed by atoms with Crippen LogP contribution in [0.25, 0.3) is 44.9 Å². The molecule has 2 aliphatic rings. The Labute approximate surface area is 253 Å². The van der Waals surface area contributed by atoms with Crippen LogP contribution in [0.5, 0.6) is 0 Å². The summed E-state index contributed by atoms with van der Waals surface area (Å²) in [6.45, 7) is 2.27. The molecule has 0 radical (unpaired) electrons. The number of pyridine rings is 2. The zero-order chi connectivity index (χ0) is 29.1. The van der Waals surface area contributed by atoms with E-state index in [-0.39, 0.29) is 11.5 Å². The summed E-state index contributed by atoms with van der Waals surface area (Å²) in [6.07, 6.45) is 18.8. The van der Waals surface area contributed by atoms with E-state index in [1.807, 2.05) is 30.6 Å². The van der Waals surface area contributed by atoms with Crippen molar-refractivity contribution in [2.45, 2.75) is 31.2 Å². The first-order chi connectivity index (χ1) is 21.1. The summed E-state index contributed by atoms with van der Waals surface area (Å²) < 4.78 is 0. The van der Waals surface area contributed by atoms with Crippen molar-refractivity contribution in [2.75, 3.05) is 0 Å². The lowest BCUT2D eigenvalue weighted by Gasteiger charge is -2.26. The smallest absolute Gasteiger partial charge is 0.0783 e. The quantitative estimate of drug-likeness (QED) is 0.209. The Morgan fingerprint density at radius 1 is 0.628 bits per heavy atom. The molecule has 0 fully saturated rings.